The molecule has 0 radical (unpaired) electrons. The average molecular weight is 373 g/mol. The summed E-state index contributed by atoms with van der Waals surface area (Å²) in [6, 6.07) is 6.72. The molecule has 0 aliphatic heterocycles. The van der Waals surface area contributed by atoms with E-state index in [9.17, 15) is 9.59 Å². The first-order valence-electron chi connectivity index (χ1n) is 7.31. The van der Waals surface area contributed by atoms with E-state index in [4.69, 9.17) is 28.6 Å². The normalized spacial score (nSPS) is 11.3. The maximum absolute atomic E-state index is 11.9. The molecule has 0 saturated heterocycles. The van der Waals surface area contributed by atoms with E-state index in [1.807, 2.05) is 6.92 Å². The van der Waals surface area contributed by atoms with Crippen molar-refractivity contribution in [1.82, 2.24) is 21.5 Å². The monoisotopic (exact) mass is 372 g/mol. The zero-order valence-corrected chi connectivity index (χ0v) is 15.1. The van der Waals surface area contributed by atoms with Crippen LogP contribution in [0.25, 0.3) is 0 Å². The van der Waals surface area contributed by atoms with Gasteiger partial charge in [-0.05, 0) is 31.3 Å². The topological polar surface area (TPSA) is 91.5 Å². The molecule has 7 nitrogen and oxygen atoms in total. The van der Waals surface area contributed by atoms with E-state index in [1.165, 1.54) is 0 Å². The highest BCUT2D eigenvalue weighted by atomic mass is 35.5. The van der Waals surface area contributed by atoms with Crippen LogP contribution in [0, 0.1) is 0 Å². The van der Waals surface area contributed by atoms with Crippen LogP contribution in [0.4, 0.5) is 0 Å². The van der Waals surface area contributed by atoms with Crippen molar-refractivity contribution in [3.8, 4) is 0 Å². The molecular weight excluding hydrogens is 352 g/mol. The summed E-state index contributed by atoms with van der Waals surface area (Å²) in [5.74, 6) is -0.634. The van der Waals surface area contributed by atoms with Crippen LogP contribution in [0.15, 0.2) is 24.3 Å². The first-order valence-corrected chi connectivity index (χ1v) is 8.09. The van der Waals surface area contributed by atoms with Gasteiger partial charge >= 0.3 is 0 Å². The molecule has 0 unspecified atom stereocenters. The molecule has 132 valence electrons. The van der Waals surface area contributed by atoms with Gasteiger partial charge in [-0.1, -0.05) is 23.7 Å². The molecule has 0 aliphatic carbocycles. The average Bonchev–Trinajstić information content (AvgIpc) is 2.53. The SMILES string of the molecule is COC[C@H](C)NC(=S)NNC(=O)CCNC(=O)c1ccccc1Cl. The van der Waals surface area contributed by atoms with Crippen LogP contribution in [0.3, 0.4) is 0 Å². The lowest BCUT2D eigenvalue weighted by Crippen LogP contribution is -2.50. The molecule has 0 heterocycles. The van der Waals surface area contributed by atoms with E-state index in [1.54, 1.807) is 31.4 Å². The Morgan fingerprint density at radius 1 is 1.29 bits per heavy atom. The first-order chi connectivity index (χ1) is 11.4. The molecule has 2 amide bonds. The van der Waals surface area contributed by atoms with Gasteiger partial charge in [-0.3, -0.25) is 20.4 Å². The summed E-state index contributed by atoms with van der Waals surface area (Å²) in [6.45, 7) is 2.56. The van der Waals surface area contributed by atoms with Crippen molar-refractivity contribution in [2.45, 2.75) is 19.4 Å². The molecular formula is C15H21ClN4O3S. The highest BCUT2D eigenvalue weighted by Crippen LogP contribution is 2.14. The van der Waals surface area contributed by atoms with E-state index in [-0.39, 0.29) is 35.9 Å². The Morgan fingerprint density at radius 2 is 2.00 bits per heavy atom. The van der Waals surface area contributed by atoms with Gasteiger partial charge in [0.05, 0.1) is 17.2 Å². The number of carbonyl (C=O) groups excluding carboxylic acids is 2. The Labute approximate surface area is 151 Å². The van der Waals surface area contributed by atoms with Crippen molar-refractivity contribution in [2.75, 3.05) is 20.3 Å². The molecule has 0 saturated carbocycles. The molecule has 24 heavy (non-hydrogen) atoms. The second-order valence-electron chi connectivity index (χ2n) is 4.99. The van der Waals surface area contributed by atoms with Crippen LogP contribution < -0.4 is 21.5 Å². The highest BCUT2D eigenvalue weighted by molar-refractivity contribution is 7.80. The summed E-state index contributed by atoms with van der Waals surface area (Å²) in [5.41, 5.74) is 5.40. The number of methoxy groups -OCH3 is 1. The third-order valence-corrected chi connectivity index (χ3v) is 3.42. The minimum atomic E-state index is -0.327. The third kappa shape index (κ3) is 7.58. The lowest BCUT2D eigenvalue weighted by Gasteiger charge is -2.16. The number of hydrogen-bond acceptors (Lipinski definition) is 4. The number of ether oxygens (including phenoxy) is 1. The van der Waals surface area contributed by atoms with E-state index in [0.29, 0.717) is 17.2 Å². The van der Waals surface area contributed by atoms with E-state index >= 15 is 0 Å². The number of nitrogens with one attached hydrogen (secondary N) is 4. The molecule has 4 N–H and O–H groups in total. The number of benzene rings is 1. The summed E-state index contributed by atoms with van der Waals surface area (Å²) in [5, 5.41) is 6.21. The van der Waals surface area contributed by atoms with Crippen molar-refractivity contribution in [2.24, 2.45) is 0 Å². The van der Waals surface area contributed by atoms with Crippen molar-refractivity contribution < 1.29 is 14.3 Å². The van der Waals surface area contributed by atoms with Crippen LogP contribution in [0.2, 0.25) is 5.02 Å². The van der Waals surface area contributed by atoms with Gasteiger partial charge in [-0.25, -0.2) is 0 Å². The van der Waals surface area contributed by atoms with Gasteiger partial charge in [0.15, 0.2) is 5.11 Å². The molecule has 0 aromatic heterocycles. The molecule has 1 aromatic carbocycles. The molecule has 1 atom stereocenters. The minimum Gasteiger partial charge on any atom is -0.383 e. The number of hydrazine groups is 1. The fourth-order valence-electron chi connectivity index (χ4n) is 1.77. The number of rotatable bonds is 7. The summed E-state index contributed by atoms with van der Waals surface area (Å²) >= 11 is 10.9. The van der Waals surface area contributed by atoms with Crippen molar-refractivity contribution in [3.63, 3.8) is 0 Å². The standard InChI is InChI=1S/C15H21ClN4O3S/c1-10(9-23-2)18-15(24)20-19-13(21)7-8-17-14(22)11-5-3-4-6-12(11)16/h3-6,10H,7-9H2,1-2H3,(H,17,22)(H,19,21)(H2,18,20,24)/t10-/m0/s1. The van der Waals surface area contributed by atoms with E-state index in [0.717, 1.165) is 0 Å². The second kappa shape index (κ2) is 10.8. The zero-order valence-electron chi connectivity index (χ0n) is 13.5. The summed E-state index contributed by atoms with van der Waals surface area (Å²) in [6.07, 6.45) is 0.0967. The Balaban J connectivity index is 2.23. The van der Waals surface area contributed by atoms with Gasteiger partial charge in [-0.15, -0.1) is 0 Å². The lowest BCUT2D eigenvalue weighted by atomic mass is 10.2. The lowest BCUT2D eigenvalue weighted by molar-refractivity contribution is -0.121. The van der Waals surface area contributed by atoms with E-state index in [2.05, 4.69) is 21.5 Å². The number of hydrogen-bond donors (Lipinski definition) is 4. The van der Waals surface area contributed by atoms with Gasteiger partial charge < -0.3 is 15.4 Å². The summed E-state index contributed by atoms with van der Waals surface area (Å²) in [4.78, 5) is 23.6. The highest BCUT2D eigenvalue weighted by Gasteiger charge is 2.10. The molecule has 0 fully saturated rings. The van der Waals surface area contributed by atoms with Gasteiger partial charge in [0.25, 0.3) is 5.91 Å². The maximum atomic E-state index is 11.9. The number of halogens is 1. The summed E-state index contributed by atoms with van der Waals surface area (Å²) < 4.78 is 4.96. The fraction of sp³-hybridized carbons (Fsp3) is 0.400. The van der Waals surface area contributed by atoms with Gasteiger partial charge in [-0.2, -0.15) is 0 Å². The number of carbonyl (C=O) groups is 2. The molecule has 0 spiro atoms. The van der Waals surface area contributed by atoms with Crippen LogP contribution >= 0.6 is 23.8 Å². The molecule has 1 rings (SSSR count). The predicted molar refractivity (Wildman–Crippen MR) is 96.8 cm³/mol. The fourth-order valence-corrected chi connectivity index (χ4v) is 2.24. The van der Waals surface area contributed by atoms with Crippen molar-refractivity contribution >= 4 is 40.7 Å². The smallest absolute Gasteiger partial charge is 0.252 e. The minimum absolute atomic E-state index is 0.0156. The third-order valence-electron chi connectivity index (χ3n) is 2.87. The van der Waals surface area contributed by atoms with Crippen LogP contribution in [0.5, 0.6) is 0 Å². The van der Waals surface area contributed by atoms with Crippen LogP contribution in [-0.2, 0) is 9.53 Å². The largest absolute Gasteiger partial charge is 0.383 e. The molecule has 0 aliphatic rings. The van der Waals surface area contributed by atoms with Crippen LogP contribution in [-0.4, -0.2) is 43.2 Å². The maximum Gasteiger partial charge on any atom is 0.252 e. The molecule has 0 bridgehead atoms. The number of amides is 2. The Bertz CT molecular complexity index is 586. The quantitative estimate of drug-likeness (QED) is 0.421. The Hall–Kier alpha value is -1.90. The zero-order chi connectivity index (χ0) is 17.9. The predicted octanol–water partition coefficient (Wildman–Crippen LogP) is 0.990. The van der Waals surface area contributed by atoms with Crippen molar-refractivity contribution in [3.05, 3.63) is 34.9 Å². The van der Waals surface area contributed by atoms with Crippen LogP contribution in [0.1, 0.15) is 23.7 Å². The molecule has 1 aromatic rings. The molecule has 9 heteroatoms. The van der Waals surface area contributed by atoms with Gasteiger partial charge in [0.1, 0.15) is 0 Å². The Kier molecular flexibility index (Phi) is 9.06. The first kappa shape index (κ1) is 20.1. The van der Waals surface area contributed by atoms with Gasteiger partial charge in [0, 0.05) is 26.1 Å². The second-order valence-corrected chi connectivity index (χ2v) is 5.80. The Morgan fingerprint density at radius 3 is 2.67 bits per heavy atom. The van der Waals surface area contributed by atoms with Crippen molar-refractivity contribution in [1.29, 1.82) is 0 Å². The van der Waals surface area contributed by atoms with E-state index < -0.39 is 0 Å². The summed E-state index contributed by atoms with van der Waals surface area (Å²) in [7, 11) is 1.59. The van der Waals surface area contributed by atoms with Gasteiger partial charge in [0.2, 0.25) is 5.91 Å². The number of thiocarbonyl (C=S) groups is 1.